The number of aliphatic hydroxyl groups excluding tert-OH is 1. The maximum absolute atomic E-state index is 10.4. The molecule has 0 atom stereocenters. The van der Waals surface area contributed by atoms with Crippen LogP contribution in [0.1, 0.15) is 18.4 Å². The van der Waals surface area contributed by atoms with Gasteiger partial charge in [0.05, 0.1) is 5.69 Å². The average molecular weight is 290 g/mol. The third-order valence-electron chi connectivity index (χ3n) is 2.40. The summed E-state index contributed by atoms with van der Waals surface area (Å²) in [4.78, 5) is 0. The second kappa shape index (κ2) is 7.29. The van der Waals surface area contributed by atoms with Gasteiger partial charge in [-0.3, -0.25) is 4.55 Å². The van der Waals surface area contributed by atoms with Crippen molar-refractivity contribution in [1.29, 1.82) is 0 Å². The van der Waals surface area contributed by atoms with Crippen LogP contribution in [0.5, 0.6) is 0 Å². The Bertz CT molecular complexity index is 504. The zero-order valence-electron chi connectivity index (χ0n) is 10.6. The van der Waals surface area contributed by atoms with Gasteiger partial charge in [0, 0.05) is 18.8 Å². The molecule has 1 rings (SSSR count). The number of anilines is 2. The maximum atomic E-state index is 10.4. The highest BCUT2D eigenvalue weighted by Gasteiger charge is 2.06. The van der Waals surface area contributed by atoms with Gasteiger partial charge in [0.15, 0.2) is 0 Å². The number of rotatable bonds is 8. The van der Waals surface area contributed by atoms with Crippen LogP contribution < -0.4 is 10.8 Å². The number of nitrogens with one attached hydrogen (secondary N) is 2. The van der Waals surface area contributed by atoms with Crippen molar-refractivity contribution in [2.45, 2.75) is 19.8 Å². The van der Waals surface area contributed by atoms with Gasteiger partial charge in [-0.25, -0.2) is 5.48 Å². The van der Waals surface area contributed by atoms with Crippen molar-refractivity contribution in [3.8, 4) is 0 Å². The molecule has 0 amide bonds. The first-order chi connectivity index (χ1) is 8.92. The molecular weight excluding hydrogens is 272 g/mol. The first kappa shape index (κ1) is 15.7. The molecule has 0 aliphatic heterocycles. The van der Waals surface area contributed by atoms with Crippen molar-refractivity contribution >= 4 is 21.8 Å². The Morgan fingerprint density at radius 3 is 2.63 bits per heavy atom. The van der Waals surface area contributed by atoms with Crippen molar-refractivity contribution in [3.63, 3.8) is 0 Å². The monoisotopic (exact) mass is 290 g/mol. The summed E-state index contributed by atoms with van der Waals surface area (Å²) < 4.78 is 33.4. The molecule has 0 bridgehead atoms. The van der Waals surface area contributed by atoms with Crippen LogP contribution in [0.25, 0.3) is 0 Å². The van der Waals surface area contributed by atoms with E-state index in [9.17, 15) is 8.42 Å². The summed E-state index contributed by atoms with van der Waals surface area (Å²) in [6, 6.07) is 5.20. The number of aliphatic hydroxyl groups is 1. The highest BCUT2D eigenvalue weighted by molar-refractivity contribution is 7.80. The lowest BCUT2D eigenvalue weighted by molar-refractivity contribution is 0.286. The van der Waals surface area contributed by atoms with E-state index in [1.165, 1.54) is 0 Å². The number of benzene rings is 1. The van der Waals surface area contributed by atoms with Crippen LogP contribution >= 0.6 is 0 Å². The fourth-order valence-electron chi connectivity index (χ4n) is 1.46. The molecule has 0 spiro atoms. The summed E-state index contributed by atoms with van der Waals surface area (Å²) in [5.41, 5.74) is 4.24. The minimum atomic E-state index is -4.52. The quantitative estimate of drug-likeness (QED) is 0.325. The number of hydrogen-bond donors (Lipinski definition) is 4. The van der Waals surface area contributed by atoms with E-state index in [1.807, 2.05) is 6.07 Å². The molecule has 0 aliphatic rings. The van der Waals surface area contributed by atoms with E-state index in [0.29, 0.717) is 5.69 Å². The van der Waals surface area contributed by atoms with Crippen LogP contribution in [-0.4, -0.2) is 31.2 Å². The molecule has 4 N–H and O–H groups in total. The molecule has 0 saturated carbocycles. The van der Waals surface area contributed by atoms with Gasteiger partial charge < -0.3 is 10.4 Å². The lowest BCUT2D eigenvalue weighted by Crippen LogP contribution is -2.10. The maximum Gasteiger partial charge on any atom is 0.418 e. The smallest absolute Gasteiger partial charge is 0.396 e. The fraction of sp³-hybridized carbons (Fsp3) is 0.455. The number of aryl methyl sites for hydroxylation is 1. The summed E-state index contributed by atoms with van der Waals surface area (Å²) in [7, 11) is -4.52. The molecule has 19 heavy (non-hydrogen) atoms. The molecule has 0 saturated heterocycles. The highest BCUT2D eigenvalue weighted by Crippen LogP contribution is 2.20. The molecule has 108 valence electrons. The molecule has 0 radical (unpaired) electrons. The molecule has 0 aromatic heterocycles. The minimum absolute atomic E-state index is 0.177. The van der Waals surface area contributed by atoms with E-state index in [2.05, 4.69) is 15.1 Å². The van der Waals surface area contributed by atoms with Crippen molar-refractivity contribution < 1.29 is 22.4 Å². The van der Waals surface area contributed by atoms with Gasteiger partial charge in [-0.05, 0) is 43.5 Å². The summed E-state index contributed by atoms with van der Waals surface area (Å²) in [5.74, 6) is 0. The second-order valence-electron chi connectivity index (χ2n) is 4.00. The van der Waals surface area contributed by atoms with Gasteiger partial charge in [0.25, 0.3) is 0 Å². The van der Waals surface area contributed by atoms with Gasteiger partial charge in [-0.1, -0.05) is 0 Å². The predicted molar refractivity (Wildman–Crippen MR) is 72.2 cm³/mol. The predicted octanol–water partition coefficient (Wildman–Crippen LogP) is 1.33. The van der Waals surface area contributed by atoms with E-state index >= 15 is 0 Å². The molecule has 0 unspecified atom stereocenters. The topological polar surface area (TPSA) is 108 Å². The first-order valence-electron chi connectivity index (χ1n) is 5.79. The zero-order valence-corrected chi connectivity index (χ0v) is 11.4. The Labute approximate surface area is 112 Å². The van der Waals surface area contributed by atoms with Crippen molar-refractivity contribution in [2.24, 2.45) is 0 Å². The third-order valence-corrected chi connectivity index (χ3v) is 2.69. The summed E-state index contributed by atoms with van der Waals surface area (Å²) in [6.07, 6.45) is 1.61. The molecule has 8 heteroatoms. The van der Waals surface area contributed by atoms with Crippen LogP contribution in [0.2, 0.25) is 0 Å². The molecule has 0 aliphatic carbocycles. The van der Waals surface area contributed by atoms with Crippen LogP contribution in [-0.2, 0) is 14.7 Å². The van der Waals surface area contributed by atoms with Crippen LogP contribution in [0.15, 0.2) is 18.2 Å². The van der Waals surface area contributed by atoms with Gasteiger partial charge in [-0.2, -0.15) is 8.42 Å². The molecular formula is C11H18N2O5S. The fourth-order valence-corrected chi connectivity index (χ4v) is 1.65. The van der Waals surface area contributed by atoms with Gasteiger partial charge >= 0.3 is 10.4 Å². The zero-order chi connectivity index (χ0) is 14.3. The molecule has 0 fully saturated rings. The van der Waals surface area contributed by atoms with Crippen LogP contribution in [0, 0.1) is 6.92 Å². The Morgan fingerprint density at radius 1 is 1.32 bits per heavy atom. The lowest BCUT2D eigenvalue weighted by Gasteiger charge is -2.11. The van der Waals surface area contributed by atoms with E-state index < -0.39 is 10.4 Å². The van der Waals surface area contributed by atoms with E-state index in [-0.39, 0.29) is 6.61 Å². The van der Waals surface area contributed by atoms with E-state index in [4.69, 9.17) is 9.66 Å². The average Bonchev–Trinajstić information content (AvgIpc) is 2.32. The normalized spacial score (nSPS) is 11.3. The number of unbranched alkanes of at least 4 members (excludes halogenated alkanes) is 1. The summed E-state index contributed by atoms with van der Waals surface area (Å²) >= 11 is 0. The SMILES string of the molecule is Cc1cc(NCCCCO)ccc1NOS(=O)(=O)O. The van der Waals surface area contributed by atoms with Crippen LogP contribution in [0.3, 0.4) is 0 Å². The van der Waals surface area contributed by atoms with Gasteiger partial charge in [-0.15, -0.1) is 4.28 Å². The van der Waals surface area contributed by atoms with Crippen molar-refractivity contribution in [1.82, 2.24) is 0 Å². The summed E-state index contributed by atoms with van der Waals surface area (Å²) in [5, 5.41) is 11.8. The number of hydrogen-bond acceptors (Lipinski definition) is 6. The van der Waals surface area contributed by atoms with Crippen molar-refractivity contribution in [2.75, 3.05) is 23.9 Å². The Hall–Kier alpha value is -1.35. The Morgan fingerprint density at radius 2 is 2.05 bits per heavy atom. The Kier molecular flexibility index (Phi) is 6.03. The van der Waals surface area contributed by atoms with Crippen LogP contribution in [0.4, 0.5) is 11.4 Å². The van der Waals surface area contributed by atoms with Gasteiger partial charge in [0.2, 0.25) is 0 Å². The largest absolute Gasteiger partial charge is 0.418 e. The van der Waals surface area contributed by atoms with Gasteiger partial charge in [0.1, 0.15) is 0 Å². The third kappa shape index (κ3) is 6.39. The van der Waals surface area contributed by atoms with E-state index in [0.717, 1.165) is 30.6 Å². The second-order valence-corrected chi connectivity index (χ2v) is 5.02. The Balaban J connectivity index is 2.54. The molecule has 0 heterocycles. The standard InChI is InChI=1S/C11H18N2O5S/c1-9-8-10(12-6-2-3-7-14)4-5-11(9)13-18-19(15,16)17/h4-5,8,12-14H,2-3,6-7H2,1H3,(H,15,16,17). The molecule has 7 nitrogen and oxygen atoms in total. The summed E-state index contributed by atoms with van der Waals surface area (Å²) in [6.45, 7) is 2.69. The molecule has 1 aromatic carbocycles. The highest BCUT2D eigenvalue weighted by atomic mass is 32.3. The lowest BCUT2D eigenvalue weighted by atomic mass is 10.2. The minimum Gasteiger partial charge on any atom is -0.396 e. The molecule has 1 aromatic rings. The van der Waals surface area contributed by atoms with E-state index in [1.54, 1.807) is 19.1 Å². The first-order valence-corrected chi connectivity index (χ1v) is 7.16. The van der Waals surface area contributed by atoms with Crippen molar-refractivity contribution in [3.05, 3.63) is 23.8 Å².